The first-order chi connectivity index (χ1) is 10.3. The molecule has 0 spiro atoms. The number of nitrogens with zero attached hydrogens (tertiary/aromatic N) is 1. The van der Waals surface area contributed by atoms with Crippen molar-refractivity contribution in [2.75, 3.05) is 26.7 Å². The van der Waals surface area contributed by atoms with Crippen LogP contribution < -0.4 is 10.5 Å². The minimum Gasteiger partial charge on any atom is -0.497 e. The molecule has 0 unspecified atom stereocenters. The van der Waals surface area contributed by atoms with Crippen molar-refractivity contribution in [1.29, 1.82) is 0 Å². The summed E-state index contributed by atoms with van der Waals surface area (Å²) in [5.41, 5.74) is 7.10. The first kappa shape index (κ1) is 16.3. The second kappa shape index (κ2) is 9.06. The van der Waals surface area contributed by atoms with Crippen LogP contribution in [0.1, 0.15) is 44.1 Å². The molecule has 0 heterocycles. The summed E-state index contributed by atoms with van der Waals surface area (Å²) in [5, 5.41) is 0. The molecule has 1 saturated carbocycles. The van der Waals surface area contributed by atoms with Crippen LogP contribution in [0.3, 0.4) is 0 Å². The Morgan fingerprint density at radius 2 is 1.81 bits per heavy atom. The Balaban J connectivity index is 1.87. The van der Waals surface area contributed by atoms with Crippen molar-refractivity contribution in [3.8, 4) is 5.75 Å². The van der Waals surface area contributed by atoms with Crippen molar-refractivity contribution in [3.05, 3.63) is 29.8 Å². The van der Waals surface area contributed by atoms with E-state index in [-0.39, 0.29) is 0 Å². The molecule has 1 aliphatic carbocycles. The molecule has 0 aliphatic heterocycles. The van der Waals surface area contributed by atoms with E-state index in [1.807, 2.05) is 0 Å². The molecule has 1 aliphatic rings. The van der Waals surface area contributed by atoms with Crippen LogP contribution in [0.2, 0.25) is 0 Å². The Hall–Kier alpha value is -1.06. The van der Waals surface area contributed by atoms with Gasteiger partial charge >= 0.3 is 0 Å². The molecule has 1 aromatic rings. The molecule has 0 amide bonds. The maximum Gasteiger partial charge on any atom is 0.118 e. The molecular formula is C18H30N2O. The SMILES string of the molecule is COc1ccc(CCN(CCCN)C2CCCCC2)cc1. The predicted octanol–water partition coefficient (Wildman–Crippen LogP) is 3.22. The second-order valence-corrected chi connectivity index (χ2v) is 6.07. The Bertz CT molecular complexity index is 385. The van der Waals surface area contributed by atoms with Crippen molar-refractivity contribution in [2.24, 2.45) is 5.73 Å². The van der Waals surface area contributed by atoms with Crippen molar-refractivity contribution < 1.29 is 4.74 Å². The molecule has 21 heavy (non-hydrogen) atoms. The molecular weight excluding hydrogens is 260 g/mol. The zero-order valence-corrected chi connectivity index (χ0v) is 13.4. The minimum atomic E-state index is 0.781. The van der Waals surface area contributed by atoms with E-state index in [9.17, 15) is 0 Å². The fourth-order valence-electron chi connectivity index (χ4n) is 3.28. The van der Waals surface area contributed by atoms with Gasteiger partial charge in [0.15, 0.2) is 0 Å². The van der Waals surface area contributed by atoms with E-state index < -0.39 is 0 Å². The molecule has 1 aromatic carbocycles. The van der Waals surface area contributed by atoms with Gasteiger partial charge in [-0.1, -0.05) is 31.4 Å². The van der Waals surface area contributed by atoms with Gasteiger partial charge in [0.1, 0.15) is 5.75 Å². The second-order valence-electron chi connectivity index (χ2n) is 6.07. The molecule has 0 aromatic heterocycles. The van der Waals surface area contributed by atoms with Crippen molar-refractivity contribution >= 4 is 0 Å². The molecule has 3 nitrogen and oxygen atoms in total. The van der Waals surface area contributed by atoms with Gasteiger partial charge < -0.3 is 15.4 Å². The normalized spacial score (nSPS) is 16.3. The van der Waals surface area contributed by atoms with Crippen molar-refractivity contribution in [1.82, 2.24) is 4.90 Å². The summed E-state index contributed by atoms with van der Waals surface area (Å²) in [5.74, 6) is 0.936. The summed E-state index contributed by atoms with van der Waals surface area (Å²) in [6, 6.07) is 9.26. The summed E-state index contributed by atoms with van der Waals surface area (Å²) in [6.45, 7) is 3.10. The zero-order valence-electron chi connectivity index (χ0n) is 13.4. The monoisotopic (exact) mass is 290 g/mol. The van der Waals surface area contributed by atoms with E-state index in [0.29, 0.717) is 0 Å². The molecule has 1 fully saturated rings. The number of methoxy groups -OCH3 is 1. The topological polar surface area (TPSA) is 38.5 Å². The van der Waals surface area contributed by atoms with Crippen LogP contribution >= 0.6 is 0 Å². The van der Waals surface area contributed by atoms with E-state index in [4.69, 9.17) is 10.5 Å². The van der Waals surface area contributed by atoms with E-state index in [0.717, 1.165) is 44.3 Å². The molecule has 0 atom stereocenters. The molecule has 3 heteroatoms. The van der Waals surface area contributed by atoms with Crippen LogP contribution in [0, 0.1) is 0 Å². The third-order valence-corrected chi connectivity index (χ3v) is 4.59. The van der Waals surface area contributed by atoms with Gasteiger partial charge in [-0.3, -0.25) is 0 Å². The standard InChI is InChI=1S/C18H30N2O/c1-21-18-10-8-16(9-11-18)12-15-20(14-5-13-19)17-6-3-2-4-7-17/h8-11,17H,2-7,12-15,19H2,1H3. The largest absolute Gasteiger partial charge is 0.497 e. The maximum absolute atomic E-state index is 5.71. The molecule has 2 rings (SSSR count). The van der Waals surface area contributed by atoms with Crippen LogP contribution in [0.25, 0.3) is 0 Å². The highest BCUT2D eigenvalue weighted by Crippen LogP contribution is 2.23. The highest BCUT2D eigenvalue weighted by atomic mass is 16.5. The third-order valence-electron chi connectivity index (χ3n) is 4.59. The number of hydrogen-bond acceptors (Lipinski definition) is 3. The fourth-order valence-corrected chi connectivity index (χ4v) is 3.28. The van der Waals surface area contributed by atoms with Crippen LogP contribution in [0.15, 0.2) is 24.3 Å². The van der Waals surface area contributed by atoms with Crippen LogP contribution in [0.5, 0.6) is 5.75 Å². The summed E-state index contributed by atoms with van der Waals surface area (Å²) in [7, 11) is 1.71. The fraction of sp³-hybridized carbons (Fsp3) is 0.667. The van der Waals surface area contributed by atoms with Crippen LogP contribution in [-0.4, -0.2) is 37.7 Å². The molecule has 0 radical (unpaired) electrons. The summed E-state index contributed by atoms with van der Waals surface area (Å²) in [6.07, 6.45) is 9.17. The van der Waals surface area contributed by atoms with E-state index >= 15 is 0 Å². The average Bonchev–Trinajstić information content (AvgIpc) is 2.56. The van der Waals surface area contributed by atoms with Crippen LogP contribution in [0.4, 0.5) is 0 Å². The molecule has 118 valence electrons. The third kappa shape index (κ3) is 5.33. The molecule has 0 bridgehead atoms. The Kier molecular flexibility index (Phi) is 7.04. The Morgan fingerprint density at radius 3 is 2.43 bits per heavy atom. The summed E-state index contributed by atoms with van der Waals surface area (Å²) >= 11 is 0. The number of hydrogen-bond donors (Lipinski definition) is 1. The number of nitrogens with two attached hydrogens (primary N) is 1. The van der Waals surface area contributed by atoms with E-state index in [1.165, 1.54) is 37.7 Å². The minimum absolute atomic E-state index is 0.781. The highest BCUT2D eigenvalue weighted by molar-refractivity contribution is 5.27. The summed E-state index contributed by atoms with van der Waals surface area (Å²) in [4.78, 5) is 2.68. The molecule has 2 N–H and O–H groups in total. The van der Waals surface area contributed by atoms with Gasteiger partial charge in [0, 0.05) is 12.6 Å². The van der Waals surface area contributed by atoms with Gasteiger partial charge in [-0.25, -0.2) is 0 Å². The van der Waals surface area contributed by atoms with Crippen LogP contribution in [-0.2, 0) is 6.42 Å². The Morgan fingerprint density at radius 1 is 1.10 bits per heavy atom. The lowest BCUT2D eigenvalue weighted by atomic mass is 9.93. The highest BCUT2D eigenvalue weighted by Gasteiger charge is 2.20. The Labute approximate surface area is 129 Å². The average molecular weight is 290 g/mol. The first-order valence-corrected chi connectivity index (χ1v) is 8.40. The van der Waals surface area contributed by atoms with Gasteiger partial charge in [0.05, 0.1) is 7.11 Å². The van der Waals surface area contributed by atoms with Gasteiger partial charge in [0.25, 0.3) is 0 Å². The molecule has 0 saturated heterocycles. The predicted molar refractivity (Wildman–Crippen MR) is 88.8 cm³/mol. The number of ether oxygens (including phenoxy) is 1. The first-order valence-electron chi connectivity index (χ1n) is 8.40. The number of rotatable bonds is 8. The lowest BCUT2D eigenvalue weighted by molar-refractivity contribution is 0.156. The van der Waals surface area contributed by atoms with Crippen molar-refractivity contribution in [3.63, 3.8) is 0 Å². The van der Waals surface area contributed by atoms with E-state index in [2.05, 4.69) is 29.2 Å². The van der Waals surface area contributed by atoms with E-state index in [1.54, 1.807) is 7.11 Å². The van der Waals surface area contributed by atoms with Gasteiger partial charge in [-0.15, -0.1) is 0 Å². The summed E-state index contributed by atoms with van der Waals surface area (Å²) < 4.78 is 5.22. The lowest BCUT2D eigenvalue weighted by Gasteiger charge is -2.34. The van der Waals surface area contributed by atoms with Gasteiger partial charge in [-0.05, 0) is 56.5 Å². The number of benzene rings is 1. The van der Waals surface area contributed by atoms with Crippen molar-refractivity contribution in [2.45, 2.75) is 51.0 Å². The maximum atomic E-state index is 5.71. The smallest absolute Gasteiger partial charge is 0.118 e. The van der Waals surface area contributed by atoms with Gasteiger partial charge in [-0.2, -0.15) is 0 Å². The van der Waals surface area contributed by atoms with Gasteiger partial charge in [0.2, 0.25) is 0 Å². The lowest BCUT2D eigenvalue weighted by Crippen LogP contribution is -2.39. The quantitative estimate of drug-likeness (QED) is 0.799. The zero-order chi connectivity index (χ0) is 14.9.